The molecule has 1 aromatic rings. The molecule has 0 unspecified atom stereocenters. The van der Waals surface area contributed by atoms with Gasteiger partial charge in [-0.25, -0.2) is 0 Å². The van der Waals surface area contributed by atoms with E-state index in [1.54, 1.807) is 4.68 Å². The second-order valence-corrected chi connectivity index (χ2v) is 3.05. The maximum atomic E-state index is 4.06. The van der Waals surface area contributed by atoms with E-state index < -0.39 is 0 Å². The molecular formula is C9H14N2. The van der Waals surface area contributed by atoms with Gasteiger partial charge in [-0.1, -0.05) is 26.0 Å². The highest BCUT2D eigenvalue weighted by Gasteiger charge is 1.89. The molecule has 2 heteroatoms. The quantitative estimate of drug-likeness (QED) is 0.631. The Labute approximate surface area is 67.5 Å². The van der Waals surface area contributed by atoms with Crippen molar-refractivity contribution in [1.29, 1.82) is 0 Å². The van der Waals surface area contributed by atoms with Crippen LogP contribution in [0.3, 0.4) is 0 Å². The van der Waals surface area contributed by atoms with E-state index in [4.69, 9.17) is 0 Å². The number of nitrogens with zero attached hydrogens (tertiary/aromatic N) is 2. The Morgan fingerprint density at radius 1 is 1.55 bits per heavy atom. The summed E-state index contributed by atoms with van der Waals surface area (Å²) in [5, 5.41) is 4.06. The van der Waals surface area contributed by atoms with Crippen molar-refractivity contribution in [3.8, 4) is 0 Å². The largest absolute Gasteiger partial charge is 0.275 e. The molecule has 60 valence electrons. The Bertz CT molecular complexity index is 246. The molecule has 0 aliphatic heterocycles. The molecule has 0 atom stereocenters. The Balaban J connectivity index is 2.64. The summed E-state index contributed by atoms with van der Waals surface area (Å²) >= 11 is 0. The van der Waals surface area contributed by atoms with Gasteiger partial charge in [-0.2, -0.15) is 5.10 Å². The minimum absolute atomic E-state index is 0.607. The van der Waals surface area contributed by atoms with Crippen molar-refractivity contribution in [1.82, 2.24) is 9.78 Å². The van der Waals surface area contributed by atoms with Gasteiger partial charge in [0.1, 0.15) is 0 Å². The molecule has 0 fully saturated rings. The summed E-state index contributed by atoms with van der Waals surface area (Å²) in [4.78, 5) is 0. The van der Waals surface area contributed by atoms with Crippen LogP contribution in [0.1, 0.15) is 19.4 Å². The number of allylic oxidation sites excluding steroid dienone is 1. The average molecular weight is 150 g/mol. The van der Waals surface area contributed by atoms with Gasteiger partial charge in [-0.3, -0.25) is 4.68 Å². The van der Waals surface area contributed by atoms with E-state index in [1.807, 2.05) is 19.4 Å². The molecule has 0 bridgehead atoms. The predicted octanol–water partition coefficient (Wildman–Crippen LogP) is 2.09. The van der Waals surface area contributed by atoms with Gasteiger partial charge in [0.2, 0.25) is 0 Å². The molecule has 0 saturated heterocycles. The summed E-state index contributed by atoms with van der Waals surface area (Å²) in [6.45, 7) is 4.32. The topological polar surface area (TPSA) is 17.8 Å². The van der Waals surface area contributed by atoms with Gasteiger partial charge in [0.05, 0.1) is 6.20 Å². The van der Waals surface area contributed by atoms with Crippen molar-refractivity contribution < 1.29 is 0 Å². The highest BCUT2D eigenvalue weighted by molar-refractivity contribution is 5.46. The molecule has 0 spiro atoms. The van der Waals surface area contributed by atoms with E-state index in [0.29, 0.717) is 5.92 Å². The third kappa shape index (κ3) is 2.58. The summed E-state index contributed by atoms with van der Waals surface area (Å²) in [6, 6.07) is 0. The van der Waals surface area contributed by atoms with Crippen LogP contribution in [0.15, 0.2) is 18.5 Å². The Morgan fingerprint density at radius 3 is 2.73 bits per heavy atom. The lowest BCUT2D eigenvalue weighted by molar-refractivity contribution is 0.767. The summed E-state index contributed by atoms with van der Waals surface area (Å²) in [5.74, 6) is 0.607. The van der Waals surface area contributed by atoms with Crippen LogP contribution in [0.2, 0.25) is 0 Å². The fourth-order valence-electron chi connectivity index (χ4n) is 0.830. The van der Waals surface area contributed by atoms with Crippen LogP contribution in [0.25, 0.3) is 6.08 Å². The molecule has 0 aliphatic carbocycles. The fourth-order valence-corrected chi connectivity index (χ4v) is 0.830. The van der Waals surface area contributed by atoms with Crippen molar-refractivity contribution in [3.63, 3.8) is 0 Å². The first-order chi connectivity index (χ1) is 5.18. The van der Waals surface area contributed by atoms with E-state index in [2.05, 4.69) is 31.1 Å². The number of hydrogen-bond acceptors (Lipinski definition) is 1. The lowest BCUT2D eigenvalue weighted by Crippen LogP contribution is -1.83. The van der Waals surface area contributed by atoms with E-state index in [-0.39, 0.29) is 0 Å². The molecule has 0 saturated carbocycles. The number of hydrogen-bond donors (Lipinski definition) is 0. The molecule has 11 heavy (non-hydrogen) atoms. The van der Waals surface area contributed by atoms with Crippen LogP contribution in [0.5, 0.6) is 0 Å². The zero-order valence-electron chi connectivity index (χ0n) is 7.28. The third-order valence-electron chi connectivity index (χ3n) is 1.40. The molecule has 1 rings (SSSR count). The summed E-state index contributed by atoms with van der Waals surface area (Å²) in [6.07, 6.45) is 8.12. The maximum absolute atomic E-state index is 4.06. The van der Waals surface area contributed by atoms with Gasteiger partial charge in [0.15, 0.2) is 0 Å². The normalized spacial score (nSPS) is 11.6. The summed E-state index contributed by atoms with van der Waals surface area (Å²) < 4.78 is 1.81. The van der Waals surface area contributed by atoms with Gasteiger partial charge < -0.3 is 0 Å². The first kappa shape index (κ1) is 8.05. The molecule has 1 aromatic heterocycles. The maximum Gasteiger partial charge on any atom is 0.0562 e. The molecule has 0 amide bonds. The lowest BCUT2D eigenvalue weighted by atomic mass is 10.2. The lowest BCUT2D eigenvalue weighted by Gasteiger charge is -1.90. The van der Waals surface area contributed by atoms with Gasteiger partial charge >= 0.3 is 0 Å². The van der Waals surface area contributed by atoms with Crippen molar-refractivity contribution in [2.45, 2.75) is 13.8 Å². The SMILES string of the molecule is CC(C)/C=C/c1cnn(C)c1. The van der Waals surface area contributed by atoms with Crippen molar-refractivity contribution in [2.24, 2.45) is 13.0 Å². The predicted molar refractivity (Wildman–Crippen MR) is 47.1 cm³/mol. The highest BCUT2D eigenvalue weighted by atomic mass is 15.2. The molecule has 1 heterocycles. The molecule has 0 radical (unpaired) electrons. The van der Waals surface area contributed by atoms with E-state index >= 15 is 0 Å². The zero-order valence-corrected chi connectivity index (χ0v) is 7.28. The first-order valence-corrected chi connectivity index (χ1v) is 3.85. The van der Waals surface area contributed by atoms with E-state index in [0.717, 1.165) is 0 Å². The Hall–Kier alpha value is -1.05. The van der Waals surface area contributed by atoms with E-state index in [9.17, 15) is 0 Å². The molecule has 0 aromatic carbocycles. The molecular weight excluding hydrogens is 136 g/mol. The smallest absolute Gasteiger partial charge is 0.0562 e. The highest BCUT2D eigenvalue weighted by Crippen LogP contribution is 2.02. The zero-order chi connectivity index (χ0) is 8.27. The Kier molecular flexibility index (Phi) is 2.47. The van der Waals surface area contributed by atoms with Crippen molar-refractivity contribution in [3.05, 3.63) is 24.0 Å². The van der Waals surface area contributed by atoms with Crippen LogP contribution < -0.4 is 0 Å². The molecule has 0 N–H and O–H groups in total. The second kappa shape index (κ2) is 3.37. The van der Waals surface area contributed by atoms with Crippen molar-refractivity contribution >= 4 is 6.08 Å². The van der Waals surface area contributed by atoms with Crippen LogP contribution in [-0.2, 0) is 7.05 Å². The fraction of sp³-hybridized carbons (Fsp3) is 0.444. The number of aromatic nitrogens is 2. The van der Waals surface area contributed by atoms with Gasteiger partial charge in [-0.15, -0.1) is 0 Å². The summed E-state index contributed by atoms with van der Waals surface area (Å²) in [7, 11) is 1.92. The minimum Gasteiger partial charge on any atom is -0.275 e. The Morgan fingerprint density at radius 2 is 2.27 bits per heavy atom. The van der Waals surface area contributed by atoms with E-state index in [1.165, 1.54) is 5.56 Å². The van der Waals surface area contributed by atoms with Crippen LogP contribution in [-0.4, -0.2) is 9.78 Å². The number of aryl methyl sites for hydroxylation is 1. The van der Waals surface area contributed by atoms with Crippen LogP contribution in [0, 0.1) is 5.92 Å². The van der Waals surface area contributed by atoms with Crippen LogP contribution >= 0.6 is 0 Å². The van der Waals surface area contributed by atoms with Gasteiger partial charge in [-0.05, 0) is 5.92 Å². The average Bonchev–Trinajstić information content (AvgIpc) is 2.31. The third-order valence-corrected chi connectivity index (χ3v) is 1.40. The van der Waals surface area contributed by atoms with Gasteiger partial charge in [0, 0.05) is 18.8 Å². The monoisotopic (exact) mass is 150 g/mol. The summed E-state index contributed by atoms with van der Waals surface area (Å²) in [5.41, 5.74) is 1.17. The van der Waals surface area contributed by atoms with Gasteiger partial charge in [0.25, 0.3) is 0 Å². The van der Waals surface area contributed by atoms with Crippen LogP contribution in [0.4, 0.5) is 0 Å². The molecule has 2 nitrogen and oxygen atoms in total. The minimum atomic E-state index is 0.607. The second-order valence-electron chi connectivity index (χ2n) is 3.05. The standard InChI is InChI=1S/C9H14N2/c1-8(2)4-5-9-6-10-11(3)7-9/h4-8H,1-3H3/b5-4+. The van der Waals surface area contributed by atoms with Crippen molar-refractivity contribution in [2.75, 3.05) is 0 Å². The number of rotatable bonds is 2. The molecule has 0 aliphatic rings. The first-order valence-electron chi connectivity index (χ1n) is 3.85.